The van der Waals surface area contributed by atoms with Gasteiger partial charge in [0.05, 0.1) is 12.0 Å². The van der Waals surface area contributed by atoms with Crippen molar-refractivity contribution in [2.75, 3.05) is 25.6 Å². The van der Waals surface area contributed by atoms with Crippen LogP contribution in [0, 0.1) is 11.3 Å². The van der Waals surface area contributed by atoms with Gasteiger partial charge < -0.3 is 15.8 Å². The number of amides is 1. The number of nitrogens with two attached hydrogens (primary N) is 1. The number of anilines is 1. The largest absolute Gasteiger partial charge is 0.384 e. The molecule has 2 rings (SSSR count). The molecule has 0 aliphatic heterocycles. The molecule has 1 aromatic rings. The molecule has 3 N–H and O–H groups in total. The van der Waals surface area contributed by atoms with Crippen LogP contribution in [0.15, 0.2) is 24.3 Å². The van der Waals surface area contributed by atoms with E-state index in [1.807, 2.05) is 24.3 Å². The Labute approximate surface area is 120 Å². The first-order chi connectivity index (χ1) is 9.61. The third-order valence-electron chi connectivity index (χ3n) is 4.19. The lowest BCUT2D eigenvalue weighted by Crippen LogP contribution is -2.51. The molecule has 0 atom stereocenters. The molecule has 4 nitrogen and oxygen atoms in total. The second-order valence-corrected chi connectivity index (χ2v) is 5.85. The van der Waals surface area contributed by atoms with Gasteiger partial charge in [-0.25, -0.2) is 0 Å². The van der Waals surface area contributed by atoms with Crippen LogP contribution in [0.1, 0.15) is 25.3 Å². The van der Waals surface area contributed by atoms with Crippen LogP contribution < -0.4 is 11.1 Å². The number of carbonyl (C=O) groups excluding carboxylic acids is 1. The molecule has 110 valence electrons. The van der Waals surface area contributed by atoms with Crippen molar-refractivity contribution in [3.8, 4) is 0 Å². The number of methoxy groups -OCH3 is 1. The normalized spacial score (nSPS) is 25.1. The lowest BCUT2D eigenvalue weighted by molar-refractivity contribution is -0.132. The van der Waals surface area contributed by atoms with Crippen molar-refractivity contribution < 1.29 is 9.53 Å². The quantitative estimate of drug-likeness (QED) is 0.837. The van der Waals surface area contributed by atoms with E-state index in [0.717, 1.165) is 30.5 Å². The minimum atomic E-state index is -0.367. The van der Waals surface area contributed by atoms with Crippen molar-refractivity contribution in [2.45, 2.75) is 26.2 Å². The van der Waals surface area contributed by atoms with Gasteiger partial charge in [0.15, 0.2) is 0 Å². The van der Waals surface area contributed by atoms with E-state index < -0.39 is 0 Å². The van der Waals surface area contributed by atoms with Crippen LogP contribution in [0.2, 0.25) is 0 Å². The van der Waals surface area contributed by atoms with E-state index in [1.54, 1.807) is 7.11 Å². The van der Waals surface area contributed by atoms with E-state index in [2.05, 4.69) is 12.2 Å². The van der Waals surface area contributed by atoms with Gasteiger partial charge in [0.2, 0.25) is 5.91 Å². The highest BCUT2D eigenvalue weighted by Gasteiger charge is 2.47. The van der Waals surface area contributed by atoms with Gasteiger partial charge >= 0.3 is 0 Å². The number of para-hydroxylation sites is 1. The highest BCUT2D eigenvalue weighted by molar-refractivity contribution is 5.96. The third kappa shape index (κ3) is 3.02. The van der Waals surface area contributed by atoms with E-state index in [9.17, 15) is 4.79 Å². The van der Waals surface area contributed by atoms with E-state index in [1.165, 1.54) is 0 Å². The summed E-state index contributed by atoms with van der Waals surface area (Å²) >= 11 is 0. The Balaban J connectivity index is 2.07. The lowest BCUT2D eigenvalue weighted by atomic mass is 9.62. The predicted octanol–water partition coefficient (Wildman–Crippen LogP) is 2.19. The fourth-order valence-electron chi connectivity index (χ4n) is 3.05. The van der Waals surface area contributed by atoms with Crippen LogP contribution in [0.4, 0.5) is 5.69 Å². The SMILES string of the molecule is COCCc1ccccc1NC(=O)C1(CN)CC(C)C1. The van der Waals surface area contributed by atoms with Crippen molar-refractivity contribution in [3.63, 3.8) is 0 Å². The number of ether oxygens (including phenoxy) is 1. The van der Waals surface area contributed by atoms with E-state index in [0.29, 0.717) is 19.1 Å². The summed E-state index contributed by atoms with van der Waals surface area (Å²) in [4.78, 5) is 12.5. The van der Waals surface area contributed by atoms with Crippen LogP contribution >= 0.6 is 0 Å². The van der Waals surface area contributed by atoms with E-state index >= 15 is 0 Å². The molecule has 0 radical (unpaired) electrons. The maximum absolute atomic E-state index is 12.5. The zero-order valence-corrected chi connectivity index (χ0v) is 12.3. The molecule has 0 saturated heterocycles. The van der Waals surface area contributed by atoms with Gasteiger partial charge in [-0.15, -0.1) is 0 Å². The molecule has 0 spiro atoms. The maximum atomic E-state index is 12.5. The fourth-order valence-corrected chi connectivity index (χ4v) is 3.05. The third-order valence-corrected chi connectivity index (χ3v) is 4.19. The highest BCUT2D eigenvalue weighted by Crippen LogP contribution is 2.45. The van der Waals surface area contributed by atoms with Crippen LogP contribution in [0.3, 0.4) is 0 Å². The highest BCUT2D eigenvalue weighted by atomic mass is 16.5. The standard InChI is InChI=1S/C16H24N2O2/c1-12-9-16(10-12,11-17)15(19)18-14-6-4-3-5-13(14)7-8-20-2/h3-6,12H,7-11,17H2,1-2H3,(H,18,19). The average molecular weight is 276 g/mol. The first-order valence-corrected chi connectivity index (χ1v) is 7.19. The molecular weight excluding hydrogens is 252 g/mol. The van der Waals surface area contributed by atoms with E-state index in [4.69, 9.17) is 10.5 Å². The smallest absolute Gasteiger partial charge is 0.231 e. The zero-order valence-electron chi connectivity index (χ0n) is 12.3. The monoisotopic (exact) mass is 276 g/mol. The van der Waals surface area contributed by atoms with Crippen molar-refractivity contribution in [3.05, 3.63) is 29.8 Å². The summed E-state index contributed by atoms with van der Waals surface area (Å²) in [7, 11) is 1.68. The lowest BCUT2D eigenvalue weighted by Gasteiger charge is -2.44. The van der Waals surface area contributed by atoms with Gasteiger partial charge in [-0.3, -0.25) is 4.79 Å². The minimum absolute atomic E-state index is 0.0583. The van der Waals surface area contributed by atoms with Gasteiger partial charge in [-0.1, -0.05) is 25.1 Å². The minimum Gasteiger partial charge on any atom is -0.384 e. The Morgan fingerprint density at radius 2 is 2.15 bits per heavy atom. The van der Waals surface area contributed by atoms with Gasteiger partial charge in [-0.05, 0) is 36.8 Å². The van der Waals surface area contributed by atoms with Gasteiger partial charge in [0.1, 0.15) is 0 Å². The summed E-state index contributed by atoms with van der Waals surface area (Å²) in [5.41, 5.74) is 7.43. The molecule has 4 heteroatoms. The summed E-state index contributed by atoms with van der Waals surface area (Å²) in [5.74, 6) is 0.649. The summed E-state index contributed by atoms with van der Waals surface area (Å²) in [6.07, 6.45) is 2.56. The Morgan fingerprint density at radius 3 is 2.75 bits per heavy atom. The van der Waals surface area contributed by atoms with E-state index in [-0.39, 0.29) is 11.3 Å². The van der Waals surface area contributed by atoms with Crippen LogP contribution in [0.25, 0.3) is 0 Å². The second kappa shape index (κ2) is 6.37. The molecule has 1 aliphatic carbocycles. The zero-order chi connectivity index (χ0) is 14.6. The Morgan fingerprint density at radius 1 is 1.45 bits per heavy atom. The number of nitrogens with one attached hydrogen (secondary N) is 1. The molecule has 0 heterocycles. The average Bonchev–Trinajstić information content (AvgIpc) is 2.42. The second-order valence-electron chi connectivity index (χ2n) is 5.85. The molecule has 0 bridgehead atoms. The first-order valence-electron chi connectivity index (χ1n) is 7.19. The Hall–Kier alpha value is -1.39. The number of hydrogen-bond acceptors (Lipinski definition) is 3. The van der Waals surface area contributed by atoms with Gasteiger partial charge in [0, 0.05) is 19.3 Å². The van der Waals surface area contributed by atoms with Crippen molar-refractivity contribution in [2.24, 2.45) is 17.1 Å². The Kier molecular flexibility index (Phi) is 4.78. The molecule has 1 saturated carbocycles. The molecular formula is C16H24N2O2. The molecule has 1 aromatic carbocycles. The van der Waals surface area contributed by atoms with Crippen molar-refractivity contribution in [1.29, 1.82) is 0 Å². The van der Waals surface area contributed by atoms with Crippen LogP contribution in [-0.2, 0) is 16.0 Å². The van der Waals surface area contributed by atoms with Crippen LogP contribution in [-0.4, -0.2) is 26.2 Å². The molecule has 0 aromatic heterocycles. The number of benzene rings is 1. The van der Waals surface area contributed by atoms with Crippen molar-refractivity contribution in [1.82, 2.24) is 0 Å². The van der Waals surface area contributed by atoms with Gasteiger partial charge in [0.25, 0.3) is 0 Å². The topological polar surface area (TPSA) is 64.3 Å². The summed E-state index contributed by atoms with van der Waals surface area (Å²) < 4.78 is 5.11. The number of rotatable bonds is 6. The first kappa shape index (κ1) is 15.0. The summed E-state index contributed by atoms with van der Waals surface area (Å²) in [6, 6.07) is 7.87. The number of carbonyl (C=O) groups is 1. The summed E-state index contributed by atoms with van der Waals surface area (Å²) in [6.45, 7) is 3.23. The number of hydrogen-bond donors (Lipinski definition) is 2. The molecule has 1 aliphatic rings. The van der Waals surface area contributed by atoms with Gasteiger partial charge in [-0.2, -0.15) is 0 Å². The maximum Gasteiger partial charge on any atom is 0.231 e. The molecule has 20 heavy (non-hydrogen) atoms. The fraction of sp³-hybridized carbons (Fsp3) is 0.562. The molecule has 1 fully saturated rings. The molecule has 0 unspecified atom stereocenters. The van der Waals surface area contributed by atoms with Crippen LogP contribution in [0.5, 0.6) is 0 Å². The van der Waals surface area contributed by atoms with Crippen molar-refractivity contribution >= 4 is 11.6 Å². The Bertz CT molecular complexity index is 467. The summed E-state index contributed by atoms with van der Waals surface area (Å²) in [5, 5.41) is 3.06. The predicted molar refractivity (Wildman–Crippen MR) is 80.5 cm³/mol. The molecule has 1 amide bonds.